The van der Waals surface area contributed by atoms with E-state index in [2.05, 4.69) is 17.5 Å². The number of carbonyl (C=O) groups excluding carboxylic acids is 1. The SMILES string of the molecule is CCC1CCC(=NNC(=O)CCCOc2ccc(Cl)cc2C)CC1. The molecule has 0 heterocycles. The first-order valence-corrected chi connectivity index (χ1v) is 9.19. The quantitative estimate of drug-likeness (QED) is 0.562. The molecule has 1 aliphatic rings. The number of carbonyl (C=O) groups is 1. The first-order valence-electron chi connectivity index (χ1n) is 8.81. The number of nitrogens with one attached hydrogen (secondary N) is 1. The summed E-state index contributed by atoms with van der Waals surface area (Å²) < 4.78 is 5.69. The molecule has 1 saturated carbocycles. The zero-order valence-electron chi connectivity index (χ0n) is 14.6. The molecule has 1 aromatic rings. The molecule has 4 nitrogen and oxygen atoms in total. The summed E-state index contributed by atoms with van der Waals surface area (Å²) >= 11 is 5.91. The van der Waals surface area contributed by atoms with Gasteiger partial charge in [0.2, 0.25) is 5.91 Å². The lowest BCUT2D eigenvalue weighted by Crippen LogP contribution is -2.22. The van der Waals surface area contributed by atoms with E-state index < -0.39 is 0 Å². The standard InChI is InChI=1S/C19H27ClN2O2/c1-3-15-6-9-17(10-7-15)21-22-19(23)5-4-12-24-18-11-8-16(20)13-14(18)2/h8,11,13,15H,3-7,9-10,12H2,1-2H3,(H,22,23). The predicted octanol–water partition coefficient (Wildman–Crippen LogP) is 4.88. The second-order valence-electron chi connectivity index (χ2n) is 6.43. The molecule has 1 aromatic carbocycles. The minimum atomic E-state index is -0.0449. The van der Waals surface area contributed by atoms with Crippen LogP contribution in [0.2, 0.25) is 5.02 Å². The minimum absolute atomic E-state index is 0.0449. The number of aryl methyl sites for hydroxylation is 1. The van der Waals surface area contributed by atoms with Gasteiger partial charge in [-0.1, -0.05) is 24.9 Å². The van der Waals surface area contributed by atoms with Crippen LogP contribution >= 0.6 is 11.6 Å². The van der Waals surface area contributed by atoms with Crippen LogP contribution in [0.5, 0.6) is 5.75 Å². The third kappa shape index (κ3) is 6.16. The fraction of sp³-hybridized carbons (Fsp3) is 0.579. The predicted molar refractivity (Wildman–Crippen MR) is 98.7 cm³/mol. The molecule has 24 heavy (non-hydrogen) atoms. The average molecular weight is 351 g/mol. The monoisotopic (exact) mass is 350 g/mol. The zero-order chi connectivity index (χ0) is 17.4. The normalized spacial score (nSPS) is 17.5. The van der Waals surface area contributed by atoms with Crippen molar-refractivity contribution in [2.45, 2.75) is 58.8 Å². The van der Waals surface area contributed by atoms with Gasteiger partial charge in [-0.05, 0) is 68.7 Å². The number of ether oxygens (including phenoxy) is 1. The summed E-state index contributed by atoms with van der Waals surface area (Å²) in [5, 5.41) is 4.97. The fourth-order valence-electron chi connectivity index (χ4n) is 2.92. The van der Waals surface area contributed by atoms with E-state index >= 15 is 0 Å². The molecule has 0 aromatic heterocycles. The Labute approximate surface area is 149 Å². The lowest BCUT2D eigenvalue weighted by molar-refractivity contribution is -0.121. The molecule has 0 saturated heterocycles. The van der Waals surface area contributed by atoms with Gasteiger partial charge in [-0.2, -0.15) is 5.10 Å². The third-order valence-electron chi connectivity index (χ3n) is 4.54. The lowest BCUT2D eigenvalue weighted by atomic mass is 9.86. The molecule has 0 spiro atoms. The highest BCUT2D eigenvalue weighted by molar-refractivity contribution is 6.30. The number of nitrogens with zero attached hydrogens (tertiary/aromatic N) is 1. The summed E-state index contributed by atoms with van der Waals surface area (Å²) in [5.41, 5.74) is 4.81. The molecular formula is C19H27ClN2O2. The molecule has 0 atom stereocenters. The van der Waals surface area contributed by atoms with Crippen LogP contribution in [-0.4, -0.2) is 18.2 Å². The topological polar surface area (TPSA) is 50.7 Å². The molecule has 0 radical (unpaired) electrons. The molecule has 132 valence electrons. The summed E-state index contributed by atoms with van der Waals surface area (Å²) in [4.78, 5) is 11.8. The summed E-state index contributed by atoms with van der Waals surface area (Å²) in [6, 6.07) is 5.53. The van der Waals surface area contributed by atoms with Crippen LogP contribution in [0, 0.1) is 12.8 Å². The van der Waals surface area contributed by atoms with Gasteiger partial charge in [-0.3, -0.25) is 4.79 Å². The fourth-order valence-corrected chi connectivity index (χ4v) is 3.14. The molecule has 1 aliphatic carbocycles. The number of hydrogen-bond donors (Lipinski definition) is 1. The summed E-state index contributed by atoms with van der Waals surface area (Å²) in [6.45, 7) is 4.70. The van der Waals surface area contributed by atoms with E-state index in [1.807, 2.05) is 19.1 Å². The van der Waals surface area contributed by atoms with Crippen molar-refractivity contribution >= 4 is 23.2 Å². The van der Waals surface area contributed by atoms with Crippen LogP contribution in [0.4, 0.5) is 0 Å². The molecule has 0 aliphatic heterocycles. The summed E-state index contributed by atoms with van der Waals surface area (Å²) in [7, 11) is 0. The Morgan fingerprint density at radius 3 is 2.79 bits per heavy atom. The van der Waals surface area contributed by atoms with Crippen molar-refractivity contribution in [2.24, 2.45) is 11.0 Å². The van der Waals surface area contributed by atoms with Crippen molar-refractivity contribution in [3.8, 4) is 5.75 Å². The average Bonchev–Trinajstić information content (AvgIpc) is 2.59. The number of benzene rings is 1. The third-order valence-corrected chi connectivity index (χ3v) is 4.78. The summed E-state index contributed by atoms with van der Waals surface area (Å²) in [5.74, 6) is 1.59. The Hall–Kier alpha value is -1.55. The van der Waals surface area contributed by atoms with Gasteiger partial charge in [0.1, 0.15) is 5.75 Å². The second-order valence-corrected chi connectivity index (χ2v) is 6.86. The van der Waals surface area contributed by atoms with Gasteiger partial charge in [-0.15, -0.1) is 0 Å². The van der Waals surface area contributed by atoms with E-state index in [9.17, 15) is 4.79 Å². The molecule has 0 bridgehead atoms. The lowest BCUT2D eigenvalue weighted by Gasteiger charge is -2.21. The first-order chi connectivity index (χ1) is 11.6. The molecule has 1 amide bonds. The van der Waals surface area contributed by atoms with Gasteiger partial charge in [0, 0.05) is 17.2 Å². The molecule has 0 unspecified atom stereocenters. The van der Waals surface area contributed by atoms with Crippen molar-refractivity contribution in [1.82, 2.24) is 5.43 Å². The maximum atomic E-state index is 11.8. The number of hydrazone groups is 1. The molecule has 1 N–H and O–H groups in total. The van der Waals surface area contributed by atoms with Gasteiger partial charge < -0.3 is 4.74 Å². The largest absolute Gasteiger partial charge is 0.493 e. The van der Waals surface area contributed by atoms with E-state index in [1.165, 1.54) is 19.3 Å². The number of rotatable bonds is 7. The van der Waals surface area contributed by atoms with Gasteiger partial charge in [0.05, 0.1) is 6.61 Å². The van der Waals surface area contributed by atoms with Gasteiger partial charge in [-0.25, -0.2) is 5.43 Å². The van der Waals surface area contributed by atoms with Crippen LogP contribution in [0.1, 0.15) is 57.4 Å². The van der Waals surface area contributed by atoms with E-state index in [0.717, 1.165) is 35.8 Å². The van der Waals surface area contributed by atoms with E-state index in [4.69, 9.17) is 16.3 Å². The first kappa shape index (κ1) is 18.8. The van der Waals surface area contributed by atoms with E-state index in [1.54, 1.807) is 6.07 Å². The highest BCUT2D eigenvalue weighted by Gasteiger charge is 2.16. The van der Waals surface area contributed by atoms with Crippen LogP contribution in [0.3, 0.4) is 0 Å². The van der Waals surface area contributed by atoms with Crippen molar-refractivity contribution in [3.63, 3.8) is 0 Å². The maximum absolute atomic E-state index is 11.8. The molecule has 5 heteroatoms. The summed E-state index contributed by atoms with van der Waals surface area (Å²) in [6.07, 6.45) is 6.73. The van der Waals surface area contributed by atoms with Crippen molar-refractivity contribution < 1.29 is 9.53 Å². The Morgan fingerprint density at radius 2 is 2.12 bits per heavy atom. The highest BCUT2D eigenvalue weighted by Crippen LogP contribution is 2.24. The van der Waals surface area contributed by atoms with E-state index in [-0.39, 0.29) is 5.91 Å². The number of amides is 1. The van der Waals surface area contributed by atoms with Crippen molar-refractivity contribution in [3.05, 3.63) is 28.8 Å². The van der Waals surface area contributed by atoms with Gasteiger partial charge in [0.15, 0.2) is 0 Å². The van der Waals surface area contributed by atoms with E-state index in [0.29, 0.717) is 24.5 Å². The number of halogens is 1. The van der Waals surface area contributed by atoms with Crippen LogP contribution in [-0.2, 0) is 4.79 Å². The highest BCUT2D eigenvalue weighted by atomic mass is 35.5. The van der Waals surface area contributed by atoms with Crippen molar-refractivity contribution in [2.75, 3.05) is 6.61 Å². The molecule has 1 fully saturated rings. The van der Waals surface area contributed by atoms with Crippen molar-refractivity contribution in [1.29, 1.82) is 0 Å². The zero-order valence-corrected chi connectivity index (χ0v) is 15.4. The Morgan fingerprint density at radius 1 is 1.38 bits per heavy atom. The maximum Gasteiger partial charge on any atom is 0.240 e. The van der Waals surface area contributed by atoms with Crippen LogP contribution in [0.25, 0.3) is 0 Å². The second kappa shape index (κ2) is 9.67. The Balaban J connectivity index is 1.63. The smallest absolute Gasteiger partial charge is 0.240 e. The molecular weight excluding hydrogens is 324 g/mol. The van der Waals surface area contributed by atoms with Gasteiger partial charge in [0.25, 0.3) is 0 Å². The molecule has 2 rings (SSSR count). The van der Waals surface area contributed by atoms with Crippen LogP contribution < -0.4 is 10.2 Å². The van der Waals surface area contributed by atoms with Gasteiger partial charge >= 0.3 is 0 Å². The minimum Gasteiger partial charge on any atom is -0.493 e. The Bertz CT molecular complexity index is 577. The van der Waals surface area contributed by atoms with Crippen LogP contribution in [0.15, 0.2) is 23.3 Å². The Kier molecular flexibility index (Phi) is 7.57. The number of hydrogen-bond acceptors (Lipinski definition) is 3.